The molecule has 0 unspecified atom stereocenters. The van der Waals surface area contributed by atoms with E-state index in [9.17, 15) is 18.0 Å². The third-order valence-corrected chi connectivity index (χ3v) is 4.25. The van der Waals surface area contributed by atoms with Crippen LogP contribution < -0.4 is 15.8 Å². The third kappa shape index (κ3) is 5.40. The molecule has 0 radical (unpaired) electrons. The molecule has 0 aliphatic carbocycles. The topological polar surface area (TPSA) is 162 Å². The lowest BCUT2D eigenvalue weighted by Gasteiger charge is -2.06. The number of carboxylic acid groups (broad SMARTS) is 1. The molecule has 0 atom stereocenters. The van der Waals surface area contributed by atoms with Crippen molar-refractivity contribution in [3.8, 4) is 6.07 Å². The highest BCUT2D eigenvalue weighted by Gasteiger charge is 2.11. The molecule has 0 aliphatic rings. The van der Waals surface area contributed by atoms with E-state index < -0.39 is 21.9 Å². The fourth-order valence-corrected chi connectivity index (χ4v) is 2.45. The normalized spacial score (nSPS) is 11.3. The maximum absolute atomic E-state index is 12.1. The van der Waals surface area contributed by atoms with Gasteiger partial charge in [0, 0.05) is 17.6 Å². The summed E-state index contributed by atoms with van der Waals surface area (Å²) in [6, 6.07) is 12.6. The number of sulfonamides is 1. The zero-order valence-corrected chi connectivity index (χ0v) is 14.5. The summed E-state index contributed by atoms with van der Waals surface area (Å²) in [5, 5.41) is 28.1. The van der Waals surface area contributed by atoms with Crippen LogP contribution in [0, 0.1) is 11.3 Å². The first-order chi connectivity index (χ1) is 12.7. The molecule has 2 rings (SSSR count). The quantitative estimate of drug-likeness (QED) is 0.431. The Hall–Kier alpha value is -3.68. The number of carbonyl (C=O) groups excluding carboxylic acids is 1. The molecule has 0 aromatic heterocycles. The number of primary sulfonamides is 1. The number of carboxylic acids is 1. The summed E-state index contributed by atoms with van der Waals surface area (Å²) < 4.78 is 22.4. The van der Waals surface area contributed by atoms with Gasteiger partial charge in [-0.05, 0) is 48.5 Å². The largest absolute Gasteiger partial charge is 0.478 e. The lowest BCUT2D eigenvalue weighted by atomic mass is 10.2. The Labute approximate surface area is 154 Å². The predicted octanol–water partition coefficient (Wildman–Crippen LogP) is 1.49. The van der Waals surface area contributed by atoms with Gasteiger partial charge in [-0.1, -0.05) is 0 Å². The number of nitrogens with one attached hydrogen (secondary N) is 2. The zero-order valence-electron chi connectivity index (χ0n) is 13.7. The molecule has 0 saturated carbocycles. The first kappa shape index (κ1) is 19.6. The van der Waals surface area contributed by atoms with Crippen molar-refractivity contribution < 1.29 is 23.1 Å². The Balaban J connectivity index is 2.07. The van der Waals surface area contributed by atoms with Crippen LogP contribution in [0.2, 0.25) is 0 Å². The summed E-state index contributed by atoms with van der Waals surface area (Å²) >= 11 is 0. The van der Waals surface area contributed by atoms with E-state index >= 15 is 0 Å². The van der Waals surface area contributed by atoms with E-state index in [0.29, 0.717) is 11.4 Å². The predicted molar refractivity (Wildman–Crippen MR) is 97.2 cm³/mol. The fourth-order valence-electron chi connectivity index (χ4n) is 1.94. The number of benzene rings is 2. The van der Waals surface area contributed by atoms with Gasteiger partial charge in [0.2, 0.25) is 10.0 Å². The Morgan fingerprint density at radius 3 is 2.07 bits per heavy atom. The van der Waals surface area contributed by atoms with E-state index in [1.54, 1.807) is 6.07 Å². The number of rotatable bonds is 6. The summed E-state index contributed by atoms with van der Waals surface area (Å²) in [4.78, 5) is 22.8. The van der Waals surface area contributed by atoms with Crippen LogP contribution in [-0.2, 0) is 14.8 Å². The zero-order chi connectivity index (χ0) is 20.0. The summed E-state index contributed by atoms with van der Waals surface area (Å²) in [5.74, 6) is -1.79. The minimum absolute atomic E-state index is 0.0636. The van der Waals surface area contributed by atoms with Crippen molar-refractivity contribution >= 4 is 33.3 Å². The van der Waals surface area contributed by atoms with Crippen LogP contribution in [-0.4, -0.2) is 25.4 Å². The fraction of sp³-hybridized carbons (Fsp3) is 0. The van der Waals surface area contributed by atoms with Crippen LogP contribution in [0.3, 0.4) is 0 Å². The van der Waals surface area contributed by atoms with Gasteiger partial charge in [0.1, 0.15) is 11.6 Å². The summed E-state index contributed by atoms with van der Waals surface area (Å²) in [7, 11) is -3.81. The van der Waals surface area contributed by atoms with Crippen LogP contribution in [0.5, 0.6) is 0 Å². The van der Waals surface area contributed by atoms with Crippen molar-refractivity contribution in [3.63, 3.8) is 0 Å². The molecule has 9 nitrogen and oxygen atoms in total. The summed E-state index contributed by atoms with van der Waals surface area (Å²) in [6.45, 7) is 0. The molecule has 5 N–H and O–H groups in total. The van der Waals surface area contributed by atoms with Gasteiger partial charge >= 0.3 is 5.97 Å². The molecular weight excluding hydrogens is 372 g/mol. The van der Waals surface area contributed by atoms with E-state index in [0.717, 1.165) is 6.20 Å². The van der Waals surface area contributed by atoms with Gasteiger partial charge in [-0.25, -0.2) is 18.4 Å². The molecule has 0 saturated heterocycles. The standard InChI is InChI=1S/C17H14N4O5S/c18-9-12(10-20-13-5-7-15(8-6-13)27(19,25)26)16(22)21-14-3-1-11(2-4-14)17(23)24/h1-8,10,20H,(H,21,22)(H,23,24)(H2,19,25,26)/b12-10-. The smallest absolute Gasteiger partial charge is 0.335 e. The van der Waals surface area contributed by atoms with Gasteiger partial charge in [-0.15, -0.1) is 0 Å². The first-order valence-electron chi connectivity index (χ1n) is 7.35. The van der Waals surface area contributed by atoms with Crippen LogP contribution in [0.1, 0.15) is 10.4 Å². The summed E-state index contributed by atoms with van der Waals surface area (Å²) in [5.41, 5.74) is 0.582. The Morgan fingerprint density at radius 1 is 1.04 bits per heavy atom. The molecular formula is C17H14N4O5S. The number of nitrogens with two attached hydrogens (primary N) is 1. The number of carbonyl (C=O) groups is 2. The van der Waals surface area contributed by atoms with Crippen LogP contribution >= 0.6 is 0 Å². The Kier molecular flexibility index (Phi) is 5.92. The maximum Gasteiger partial charge on any atom is 0.335 e. The highest BCUT2D eigenvalue weighted by molar-refractivity contribution is 7.89. The van der Waals surface area contributed by atoms with Crippen molar-refractivity contribution in [1.29, 1.82) is 5.26 Å². The highest BCUT2D eigenvalue weighted by atomic mass is 32.2. The van der Waals surface area contributed by atoms with Crippen molar-refractivity contribution in [3.05, 3.63) is 65.9 Å². The molecule has 0 heterocycles. The van der Waals surface area contributed by atoms with E-state index in [1.165, 1.54) is 48.5 Å². The van der Waals surface area contributed by atoms with E-state index in [-0.39, 0.29) is 16.0 Å². The second kappa shape index (κ2) is 8.13. The molecule has 138 valence electrons. The van der Waals surface area contributed by atoms with Gasteiger partial charge in [-0.3, -0.25) is 4.79 Å². The van der Waals surface area contributed by atoms with E-state index in [4.69, 9.17) is 15.5 Å². The molecule has 0 fully saturated rings. The van der Waals surface area contributed by atoms with E-state index in [1.807, 2.05) is 0 Å². The van der Waals surface area contributed by atoms with Crippen LogP contribution in [0.15, 0.2) is 65.2 Å². The van der Waals surface area contributed by atoms with Gasteiger partial charge in [0.25, 0.3) is 5.91 Å². The minimum atomic E-state index is -3.81. The molecule has 1 amide bonds. The minimum Gasteiger partial charge on any atom is -0.478 e. The second-order valence-corrected chi connectivity index (χ2v) is 6.78. The third-order valence-electron chi connectivity index (χ3n) is 3.32. The molecule has 0 bridgehead atoms. The number of amides is 1. The monoisotopic (exact) mass is 386 g/mol. The van der Waals surface area contributed by atoms with Crippen LogP contribution in [0.4, 0.5) is 11.4 Å². The van der Waals surface area contributed by atoms with Gasteiger partial charge in [0.15, 0.2) is 0 Å². The average Bonchev–Trinajstić information content (AvgIpc) is 2.62. The highest BCUT2D eigenvalue weighted by Crippen LogP contribution is 2.14. The molecule has 10 heteroatoms. The SMILES string of the molecule is N#C/C(=C/Nc1ccc(S(N)(=O)=O)cc1)C(=O)Nc1ccc(C(=O)O)cc1. The molecule has 0 aliphatic heterocycles. The van der Waals surface area contributed by atoms with Crippen molar-refractivity contribution in [2.75, 3.05) is 10.6 Å². The lowest BCUT2D eigenvalue weighted by Crippen LogP contribution is -2.14. The number of hydrogen-bond acceptors (Lipinski definition) is 6. The molecule has 27 heavy (non-hydrogen) atoms. The van der Waals surface area contributed by atoms with Crippen LogP contribution in [0.25, 0.3) is 0 Å². The molecule has 0 spiro atoms. The Bertz CT molecular complexity index is 1040. The number of nitrogens with zero attached hydrogens (tertiary/aromatic N) is 1. The molecule has 2 aromatic carbocycles. The van der Waals surface area contributed by atoms with Gasteiger partial charge in [-0.2, -0.15) is 5.26 Å². The lowest BCUT2D eigenvalue weighted by molar-refractivity contribution is -0.112. The van der Waals surface area contributed by atoms with Crippen molar-refractivity contribution in [1.82, 2.24) is 0 Å². The summed E-state index contributed by atoms with van der Waals surface area (Å²) in [6.07, 6.45) is 1.16. The van der Waals surface area contributed by atoms with E-state index in [2.05, 4.69) is 10.6 Å². The van der Waals surface area contributed by atoms with Gasteiger partial charge in [0.05, 0.1) is 10.5 Å². The maximum atomic E-state index is 12.1. The number of anilines is 2. The average molecular weight is 386 g/mol. The number of nitriles is 1. The van der Waals surface area contributed by atoms with Gasteiger partial charge < -0.3 is 15.7 Å². The number of hydrogen-bond donors (Lipinski definition) is 4. The van der Waals surface area contributed by atoms with Crippen molar-refractivity contribution in [2.24, 2.45) is 5.14 Å². The first-order valence-corrected chi connectivity index (χ1v) is 8.90. The number of aromatic carboxylic acids is 1. The second-order valence-electron chi connectivity index (χ2n) is 5.22. The molecule has 2 aromatic rings. The Morgan fingerprint density at radius 2 is 1.59 bits per heavy atom. The van der Waals surface area contributed by atoms with Crippen molar-refractivity contribution in [2.45, 2.75) is 4.90 Å².